The van der Waals surface area contributed by atoms with Gasteiger partial charge in [0.25, 0.3) is 0 Å². The molecule has 2 aromatic rings. The highest BCUT2D eigenvalue weighted by Gasteiger charge is 2.55. The van der Waals surface area contributed by atoms with Crippen molar-refractivity contribution in [3.05, 3.63) is 35.9 Å². The zero-order valence-electron chi connectivity index (χ0n) is 15.6. The molecule has 5 rings (SSSR count). The Morgan fingerprint density at radius 3 is 2.69 bits per heavy atom. The second-order valence-electron chi connectivity index (χ2n) is 7.70. The van der Waals surface area contributed by atoms with Gasteiger partial charge in [-0.1, -0.05) is 0 Å². The van der Waals surface area contributed by atoms with Crippen molar-refractivity contribution in [3.8, 4) is 0 Å². The van der Waals surface area contributed by atoms with Crippen LogP contribution in [0, 0.1) is 11.9 Å². The molecule has 2 aliphatic heterocycles. The number of hydrogen-bond acceptors (Lipinski definition) is 5. The molecule has 0 aromatic carbocycles. The Morgan fingerprint density at radius 1 is 1.31 bits per heavy atom. The van der Waals surface area contributed by atoms with Gasteiger partial charge in [-0.25, -0.2) is 9.59 Å². The summed E-state index contributed by atoms with van der Waals surface area (Å²) >= 11 is 0. The SMILES string of the molecule is C[C@H]1Cn2ncc(N3CC4(CC4)OC3=O)c2CN1C(=O)Nc1cc(F)nc(F)c1. The zero-order chi connectivity index (χ0) is 20.3. The van der Waals surface area contributed by atoms with E-state index in [1.165, 1.54) is 4.90 Å². The molecule has 3 aliphatic rings. The molecule has 1 saturated carbocycles. The van der Waals surface area contributed by atoms with Crippen molar-refractivity contribution in [2.45, 2.75) is 44.5 Å². The summed E-state index contributed by atoms with van der Waals surface area (Å²) in [5.74, 6) is -2.04. The van der Waals surface area contributed by atoms with E-state index in [0.29, 0.717) is 24.5 Å². The summed E-state index contributed by atoms with van der Waals surface area (Å²) in [6.07, 6.45) is 2.91. The van der Waals surface area contributed by atoms with Crippen LogP contribution in [0.15, 0.2) is 18.3 Å². The summed E-state index contributed by atoms with van der Waals surface area (Å²) in [5.41, 5.74) is 0.926. The highest BCUT2D eigenvalue weighted by Crippen LogP contribution is 2.46. The first-order valence-electron chi connectivity index (χ1n) is 9.29. The number of amides is 3. The Bertz CT molecular complexity index is 1000. The summed E-state index contributed by atoms with van der Waals surface area (Å²) in [6, 6.07) is 1.16. The van der Waals surface area contributed by atoms with Crippen LogP contribution in [0.3, 0.4) is 0 Å². The van der Waals surface area contributed by atoms with Gasteiger partial charge < -0.3 is 15.0 Å². The van der Waals surface area contributed by atoms with E-state index < -0.39 is 24.0 Å². The van der Waals surface area contributed by atoms with Gasteiger partial charge in [0.15, 0.2) is 0 Å². The average Bonchev–Trinajstić information content (AvgIpc) is 3.13. The van der Waals surface area contributed by atoms with Crippen LogP contribution < -0.4 is 10.2 Å². The molecule has 0 radical (unpaired) electrons. The number of anilines is 2. The summed E-state index contributed by atoms with van der Waals surface area (Å²) in [7, 11) is 0. The number of pyridine rings is 1. The lowest BCUT2D eigenvalue weighted by atomic mass is 10.2. The first-order chi connectivity index (χ1) is 13.8. The molecular formula is C18H18F2N6O3. The van der Waals surface area contributed by atoms with Crippen LogP contribution in [-0.4, -0.2) is 50.0 Å². The minimum absolute atomic E-state index is 0.0229. The maximum absolute atomic E-state index is 13.3. The molecule has 1 aliphatic carbocycles. The Balaban J connectivity index is 1.38. The third kappa shape index (κ3) is 3.06. The minimum atomic E-state index is -1.02. The molecule has 29 heavy (non-hydrogen) atoms. The molecule has 1 spiro atoms. The third-order valence-electron chi connectivity index (χ3n) is 5.56. The van der Waals surface area contributed by atoms with Gasteiger partial charge in [0.2, 0.25) is 11.9 Å². The summed E-state index contributed by atoms with van der Waals surface area (Å²) in [4.78, 5) is 31.2. The Kier molecular flexibility index (Phi) is 3.77. The number of nitrogens with zero attached hydrogens (tertiary/aromatic N) is 5. The maximum Gasteiger partial charge on any atom is 0.415 e. The standard InChI is InChI=1S/C18H18F2N6O3/c1-10-7-26-13(12(6-21-26)25-9-18(2-3-18)29-17(25)28)8-24(10)16(27)22-11-4-14(19)23-15(20)5-11/h4-6,10H,2-3,7-9H2,1H3,(H,22,23,27)/t10-/m0/s1. The van der Waals surface area contributed by atoms with Crippen molar-refractivity contribution in [2.75, 3.05) is 16.8 Å². The average molecular weight is 404 g/mol. The quantitative estimate of drug-likeness (QED) is 0.777. The molecule has 0 bridgehead atoms. The predicted molar refractivity (Wildman–Crippen MR) is 96.2 cm³/mol. The van der Waals surface area contributed by atoms with E-state index in [1.807, 2.05) is 6.92 Å². The van der Waals surface area contributed by atoms with Crippen LogP contribution in [0.5, 0.6) is 0 Å². The molecule has 2 aromatic heterocycles. The van der Waals surface area contributed by atoms with E-state index in [9.17, 15) is 18.4 Å². The van der Waals surface area contributed by atoms with Gasteiger partial charge in [-0.15, -0.1) is 0 Å². The molecule has 0 unspecified atom stereocenters. The third-order valence-corrected chi connectivity index (χ3v) is 5.56. The Labute approximate surface area is 164 Å². The molecule has 1 N–H and O–H groups in total. The molecular weight excluding hydrogens is 386 g/mol. The lowest BCUT2D eigenvalue weighted by molar-refractivity contribution is 0.129. The van der Waals surface area contributed by atoms with Gasteiger partial charge in [-0.2, -0.15) is 18.9 Å². The number of carbonyl (C=O) groups is 2. The van der Waals surface area contributed by atoms with Gasteiger partial charge in [-0.05, 0) is 19.8 Å². The van der Waals surface area contributed by atoms with Crippen molar-refractivity contribution in [2.24, 2.45) is 0 Å². The summed E-state index contributed by atoms with van der Waals surface area (Å²) < 4.78 is 33.8. The van der Waals surface area contributed by atoms with E-state index in [2.05, 4.69) is 15.4 Å². The smallest absolute Gasteiger partial charge is 0.415 e. The molecule has 4 heterocycles. The second kappa shape index (κ2) is 6.13. The van der Waals surface area contributed by atoms with Gasteiger partial charge >= 0.3 is 12.1 Å². The van der Waals surface area contributed by atoms with Crippen LogP contribution in [0.2, 0.25) is 0 Å². The first kappa shape index (κ1) is 17.8. The van der Waals surface area contributed by atoms with Crippen molar-refractivity contribution in [3.63, 3.8) is 0 Å². The van der Waals surface area contributed by atoms with Gasteiger partial charge in [0.1, 0.15) is 5.60 Å². The van der Waals surface area contributed by atoms with E-state index in [0.717, 1.165) is 25.0 Å². The van der Waals surface area contributed by atoms with Crippen molar-refractivity contribution in [1.29, 1.82) is 0 Å². The van der Waals surface area contributed by atoms with Crippen molar-refractivity contribution in [1.82, 2.24) is 19.7 Å². The van der Waals surface area contributed by atoms with E-state index in [-0.39, 0.29) is 23.9 Å². The van der Waals surface area contributed by atoms with Crippen molar-refractivity contribution < 1.29 is 23.1 Å². The minimum Gasteiger partial charge on any atom is -0.441 e. The number of carbonyl (C=O) groups excluding carboxylic acids is 2. The number of hydrogen-bond donors (Lipinski definition) is 1. The van der Waals surface area contributed by atoms with Gasteiger partial charge in [-0.3, -0.25) is 9.58 Å². The number of aromatic nitrogens is 3. The molecule has 2 fully saturated rings. The number of halogens is 2. The Morgan fingerprint density at radius 2 is 2.03 bits per heavy atom. The van der Waals surface area contributed by atoms with Crippen LogP contribution in [0.4, 0.5) is 29.7 Å². The second-order valence-corrected chi connectivity index (χ2v) is 7.70. The molecule has 1 saturated heterocycles. The number of ether oxygens (including phenoxy) is 1. The van der Waals surface area contributed by atoms with Crippen LogP contribution in [0.1, 0.15) is 25.5 Å². The molecule has 11 heteroatoms. The number of fused-ring (bicyclic) bond motifs is 1. The fourth-order valence-corrected chi connectivity index (χ4v) is 3.82. The molecule has 152 valence electrons. The zero-order valence-corrected chi connectivity index (χ0v) is 15.6. The lowest BCUT2D eigenvalue weighted by Gasteiger charge is -2.34. The van der Waals surface area contributed by atoms with Crippen molar-refractivity contribution >= 4 is 23.5 Å². The maximum atomic E-state index is 13.3. The van der Waals surface area contributed by atoms with Gasteiger partial charge in [0.05, 0.1) is 48.9 Å². The topological polar surface area (TPSA) is 92.6 Å². The summed E-state index contributed by atoms with van der Waals surface area (Å²) in [5, 5.41) is 6.86. The van der Waals surface area contributed by atoms with Crippen LogP contribution in [0.25, 0.3) is 0 Å². The summed E-state index contributed by atoms with van der Waals surface area (Å²) in [6.45, 7) is 2.94. The lowest BCUT2D eigenvalue weighted by Crippen LogP contribution is -2.47. The number of rotatable bonds is 2. The first-order valence-corrected chi connectivity index (χ1v) is 9.29. The Hall–Kier alpha value is -3.24. The highest BCUT2D eigenvalue weighted by molar-refractivity contribution is 5.92. The predicted octanol–water partition coefficient (Wildman–Crippen LogP) is 2.48. The largest absolute Gasteiger partial charge is 0.441 e. The van der Waals surface area contributed by atoms with Crippen LogP contribution >= 0.6 is 0 Å². The fraction of sp³-hybridized carbons (Fsp3) is 0.444. The number of urea groups is 1. The highest BCUT2D eigenvalue weighted by atomic mass is 19.1. The molecule has 3 amide bonds. The van der Waals surface area contributed by atoms with E-state index in [1.54, 1.807) is 15.8 Å². The molecule has 9 nitrogen and oxygen atoms in total. The number of nitrogens with one attached hydrogen (secondary N) is 1. The monoisotopic (exact) mass is 404 g/mol. The fourth-order valence-electron chi connectivity index (χ4n) is 3.82. The van der Waals surface area contributed by atoms with Crippen LogP contribution in [-0.2, 0) is 17.8 Å². The van der Waals surface area contributed by atoms with E-state index in [4.69, 9.17) is 4.74 Å². The van der Waals surface area contributed by atoms with E-state index >= 15 is 0 Å². The normalized spacial score (nSPS) is 21.9. The van der Waals surface area contributed by atoms with Gasteiger partial charge in [0, 0.05) is 12.1 Å². The molecule has 1 atom stereocenters.